The van der Waals surface area contributed by atoms with Gasteiger partial charge in [0, 0.05) is 13.7 Å². The van der Waals surface area contributed by atoms with Gasteiger partial charge in [-0.2, -0.15) is 0 Å². The average Bonchev–Trinajstić information content (AvgIpc) is 2.47. The molecule has 102 valence electrons. The van der Waals surface area contributed by atoms with E-state index in [1.54, 1.807) is 12.0 Å². The van der Waals surface area contributed by atoms with E-state index in [0.29, 0.717) is 19.0 Å². The molecule has 1 unspecified atom stereocenters. The number of methoxy groups -OCH3 is 1. The number of nitrogens with zero attached hydrogens (tertiary/aromatic N) is 1. The van der Waals surface area contributed by atoms with E-state index < -0.39 is 5.54 Å². The van der Waals surface area contributed by atoms with Crippen LogP contribution >= 0.6 is 0 Å². The fourth-order valence-electron chi connectivity index (χ4n) is 3.39. The first kappa shape index (κ1) is 13.3. The molecular weight excluding hydrogens is 230 g/mol. The minimum absolute atomic E-state index is 0.144. The minimum atomic E-state index is -0.419. The minimum Gasteiger partial charge on any atom is -0.383 e. The highest BCUT2D eigenvalue weighted by atomic mass is 16.5. The highest BCUT2D eigenvalue weighted by Gasteiger charge is 2.53. The van der Waals surface area contributed by atoms with Crippen molar-refractivity contribution in [3.8, 4) is 0 Å². The summed E-state index contributed by atoms with van der Waals surface area (Å²) in [5.41, 5.74) is -0.237. The Balaban J connectivity index is 2.26. The highest BCUT2D eigenvalue weighted by molar-refractivity contribution is 6.08. The molecule has 0 aromatic rings. The lowest BCUT2D eigenvalue weighted by atomic mass is 9.67. The van der Waals surface area contributed by atoms with Crippen molar-refractivity contribution in [2.24, 2.45) is 5.41 Å². The molecule has 1 saturated heterocycles. The summed E-state index contributed by atoms with van der Waals surface area (Å²) in [4.78, 5) is 13.8. The molecule has 1 saturated carbocycles. The number of carbonyl (C=O) groups excluding carboxylic acids is 1. The zero-order valence-electron chi connectivity index (χ0n) is 11.5. The van der Waals surface area contributed by atoms with Crippen molar-refractivity contribution >= 4 is 11.9 Å². The van der Waals surface area contributed by atoms with Crippen molar-refractivity contribution in [3.05, 3.63) is 0 Å². The van der Waals surface area contributed by atoms with Crippen molar-refractivity contribution in [1.82, 2.24) is 10.2 Å². The van der Waals surface area contributed by atoms with E-state index >= 15 is 0 Å². The van der Waals surface area contributed by atoms with Crippen LogP contribution < -0.4 is 5.32 Å². The first-order valence-electron chi connectivity index (χ1n) is 6.58. The van der Waals surface area contributed by atoms with Gasteiger partial charge in [-0.05, 0) is 24.7 Å². The van der Waals surface area contributed by atoms with E-state index in [1.807, 2.05) is 0 Å². The quantitative estimate of drug-likeness (QED) is 0.807. The lowest BCUT2D eigenvalue weighted by Crippen LogP contribution is -2.54. The van der Waals surface area contributed by atoms with Crippen molar-refractivity contribution in [2.75, 3.05) is 20.3 Å². The predicted molar refractivity (Wildman–Crippen MR) is 69.8 cm³/mol. The number of urea groups is 1. The molecule has 2 amide bonds. The second kappa shape index (κ2) is 4.53. The number of nitrogens with one attached hydrogen (secondary N) is 2. The smallest absolute Gasteiger partial charge is 0.323 e. The van der Waals surface area contributed by atoms with Crippen LogP contribution in [0.4, 0.5) is 4.79 Å². The molecule has 0 aromatic heterocycles. The number of amides is 2. The summed E-state index contributed by atoms with van der Waals surface area (Å²) < 4.78 is 5.08. The average molecular weight is 253 g/mol. The van der Waals surface area contributed by atoms with Gasteiger partial charge in [-0.25, -0.2) is 4.79 Å². The van der Waals surface area contributed by atoms with Crippen LogP contribution in [0.2, 0.25) is 0 Å². The van der Waals surface area contributed by atoms with E-state index in [9.17, 15) is 4.79 Å². The molecule has 1 aliphatic heterocycles. The Labute approximate surface area is 108 Å². The van der Waals surface area contributed by atoms with Crippen molar-refractivity contribution in [3.63, 3.8) is 0 Å². The van der Waals surface area contributed by atoms with Crippen LogP contribution in [0, 0.1) is 10.8 Å². The number of hydrogen-bond donors (Lipinski definition) is 2. The molecule has 1 heterocycles. The number of carbonyl (C=O) groups is 1. The Morgan fingerprint density at radius 2 is 2.17 bits per heavy atom. The fraction of sp³-hybridized carbons (Fsp3) is 0.846. The molecule has 1 spiro atoms. The first-order valence-corrected chi connectivity index (χ1v) is 6.58. The third kappa shape index (κ3) is 2.11. The maximum absolute atomic E-state index is 12.0. The van der Waals surface area contributed by atoms with Gasteiger partial charge < -0.3 is 9.64 Å². The van der Waals surface area contributed by atoms with Crippen LogP contribution in [0.15, 0.2) is 0 Å². The fourth-order valence-corrected chi connectivity index (χ4v) is 3.39. The number of rotatable bonds is 3. The Hall–Kier alpha value is -1.10. The van der Waals surface area contributed by atoms with E-state index in [4.69, 9.17) is 10.1 Å². The van der Waals surface area contributed by atoms with Gasteiger partial charge in [0.25, 0.3) is 0 Å². The maximum Gasteiger partial charge on any atom is 0.323 e. The Morgan fingerprint density at radius 1 is 1.44 bits per heavy atom. The number of hydrogen-bond acceptors (Lipinski definition) is 3. The van der Waals surface area contributed by atoms with Crippen LogP contribution in [-0.4, -0.2) is 42.6 Å². The monoisotopic (exact) mass is 253 g/mol. The van der Waals surface area contributed by atoms with Crippen molar-refractivity contribution in [1.29, 1.82) is 5.41 Å². The van der Waals surface area contributed by atoms with Crippen molar-refractivity contribution < 1.29 is 9.53 Å². The van der Waals surface area contributed by atoms with E-state index in [2.05, 4.69) is 19.2 Å². The molecule has 2 fully saturated rings. The summed E-state index contributed by atoms with van der Waals surface area (Å²) >= 11 is 0. The largest absolute Gasteiger partial charge is 0.383 e. The van der Waals surface area contributed by atoms with Crippen LogP contribution in [0.5, 0.6) is 0 Å². The Kier molecular flexibility index (Phi) is 3.36. The summed E-state index contributed by atoms with van der Waals surface area (Å²) in [5, 5.41) is 10.8. The molecule has 2 rings (SSSR count). The van der Waals surface area contributed by atoms with Gasteiger partial charge in [-0.15, -0.1) is 0 Å². The molecule has 5 heteroatoms. The van der Waals surface area contributed by atoms with Crippen LogP contribution in [-0.2, 0) is 4.74 Å². The standard InChI is InChI=1S/C13H23N3O2/c1-12(2)5-4-6-13(9-12)10(14)15-11(17)16(13)7-8-18-3/h4-9H2,1-3H3,(H2,14,15,17). The molecule has 0 radical (unpaired) electrons. The Morgan fingerprint density at radius 3 is 2.78 bits per heavy atom. The summed E-state index contributed by atoms with van der Waals surface area (Å²) in [6.45, 7) is 5.51. The third-order valence-corrected chi connectivity index (χ3v) is 4.19. The lowest BCUT2D eigenvalue weighted by Gasteiger charge is -2.46. The van der Waals surface area contributed by atoms with E-state index in [1.165, 1.54) is 0 Å². The Bertz CT molecular complexity index is 367. The lowest BCUT2D eigenvalue weighted by molar-refractivity contribution is 0.0692. The third-order valence-electron chi connectivity index (χ3n) is 4.19. The van der Waals surface area contributed by atoms with Gasteiger partial charge in [0.1, 0.15) is 11.4 Å². The zero-order chi connectivity index (χ0) is 13.4. The molecule has 18 heavy (non-hydrogen) atoms. The molecule has 2 aliphatic rings. The SMILES string of the molecule is COCCN1C(=O)NC(=N)C12CCCC(C)(C)C2. The van der Waals surface area contributed by atoms with Crippen molar-refractivity contribution in [2.45, 2.75) is 45.1 Å². The summed E-state index contributed by atoms with van der Waals surface area (Å²) in [5.74, 6) is 0.372. The molecule has 5 nitrogen and oxygen atoms in total. The molecule has 0 bridgehead atoms. The van der Waals surface area contributed by atoms with Gasteiger partial charge in [-0.3, -0.25) is 10.7 Å². The van der Waals surface area contributed by atoms with E-state index in [-0.39, 0.29) is 11.4 Å². The molecule has 1 atom stereocenters. The second-order valence-electron chi connectivity index (χ2n) is 6.18. The van der Waals surface area contributed by atoms with E-state index in [0.717, 1.165) is 25.7 Å². The van der Waals surface area contributed by atoms with Crippen LogP contribution in [0.3, 0.4) is 0 Å². The first-order chi connectivity index (χ1) is 8.41. The van der Waals surface area contributed by atoms with Gasteiger partial charge >= 0.3 is 6.03 Å². The summed E-state index contributed by atoms with van der Waals surface area (Å²) in [6.07, 6.45) is 3.97. The van der Waals surface area contributed by atoms with Gasteiger partial charge in [-0.1, -0.05) is 20.3 Å². The zero-order valence-corrected chi connectivity index (χ0v) is 11.5. The molecular formula is C13H23N3O2. The second-order valence-corrected chi connectivity index (χ2v) is 6.18. The maximum atomic E-state index is 12.0. The summed E-state index contributed by atoms with van der Waals surface area (Å²) in [7, 11) is 1.64. The molecule has 0 aromatic carbocycles. The van der Waals surface area contributed by atoms with Gasteiger partial charge in [0.15, 0.2) is 0 Å². The normalized spacial score (nSPS) is 30.9. The molecule has 1 aliphatic carbocycles. The topological polar surface area (TPSA) is 65.4 Å². The number of ether oxygens (including phenoxy) is 1. The number of amidine groups is 1. The summed E-state index contributed by atoms with van der Waals surface area (Å²) in [6, 6.07) is -0.144. The highest BCUT2D eigenvalue weighted by Crippen LogP contribution is 2.45. The van der Waals surface area contributed by atoms with Crippen LogP contribution in [0.1, 0.15) is 39.5 Å². The van der Waals surface area contributed by atoms with Crippen LogP contribution in [0.25, 0.3) is 0 Å². The van der Waals surface area contributed by atoms with Gasteiger partial charge in [0.05, 0.1) is 6.61 Å². The predicted octanol–water partition coefficient (Wildman–Crippen LogP) is 1.97. The van der Waals surface area contributed by atoms with Gasteiger partial charge in [0.2, 0.25) is 0 Å². The molecule has 2 N–H and O–H groups in total.